The van der Waals surface area contributed by atoms with Gasteiger partial charge in [0.2, 0.25) is 0 Å². The molecule has 0 aromatic heterocycles. The van der Waals surface area contributed by atoms with Crippen LogP contribution in [0.3, 0.4) is 0 Å². The molecule has 4 aliphatic carbocycles. The zero-order valence-corrected chi connectivity index (χ0v) is 22.6. The van der Waals surface area contributed by atoms with Crippen LogP contribution in [0.4, 0.5) is 0 Å². The summed E-state index contributed by atoms with van der Waals surface area (Å²) in [5.41, 5.74) is 3.09. The van der Waals surface area contributed by atoms with Crippen LogP contribution >= 0.6 is 0 Å². The molecule has 1 unspecified atom stereocenters. The lowest BCUT2D eigenvalue weighted by Gasteiger charge is -2.62. The number of hydrogen-bond donors (Lipinski definition) is 3. The zero-order valence-electron chi connectivity index (χ0n) is 22.6. The van der Waals surface area contributed by atoms with Gasteiger partial charge in [0.1, 0.15) is 6.29 Å². The average Bonchev–Trinajstić information content (AvgIpc) is 2.99. The van der Waals surface area contributed by atoms with Gasteiger partial charge in [-0.2, -0.15) is 0 Å². The van der Waals surface area contributed by atoms with Gasteiger partial charge in [-0.05, 0) is 92.3 Å². The third kappa shape index (κ3) is 3.79. The maximum absolute atomic E-state index is 12.3. The van der Waals surface area contributed by atoms with Gasteiger partial charge in [-0.15, -0.1) is 0 Å². The lowest BCUT2D eigenvalue weighted by Crippen LogP contribution is -2.55. The third-order valence-corrected chi connectivity index (χ3v) is 11.7. The highest BCUT2D eigenvalue weighted by Gasteiger charge is 2.66. The molecule has 2 fully saturated rings. The van der Waals surface area contributed by atoms with Crippen molar-refractivity contribution in [1.82, 2.24) is 0 Å². The van der Waals surface area contributed by atoms with Crippen molar-refractivity contribution in [2.24, 2.45) is 39.4 Å². The Bertz CT molecular complexity index is 946. The summed E-state index contributed by atoms with van der Waals surface area (Å²) in [5.74, 6) is -0.873. The Kier molecular flexibility index (Phi) is 6.71. The van der Waals surface area contributed by atoms with Crippen molar-refractivity contribution in [3.05, 3.63) is 22.8 Å². The van der Waals surface area contributed by atoms with E-state index in [1.54, 1.807) is 18.6 Å². The minimum absolute atomic E-state index is 0.0902. The van der Waals surface area contributed by atoms with Crippen molar-refractivity contribution >= 4 is 12.3 Å². The molecular formula is C30H46O5. The first-order valence-corrected chi connectivity index (χ1v) is 13.7. The molecule has 196 valence electrons. The van der Waals surface area contributed by atoms with Crippen LogP contribution in [0.1, 0.15) is 99.3 Å². The molecule has 3 N–H and O–H groups in total. The fraction of sp³-hybridized carbons (Fsp3) is 0.800. The lowest BCUT2D eigenvalue weighted by molar-refractivity contribution is -0.132. The molecule has 0 aliphatic heterocycles. The van der Waals surface area contributed by atoms with Crippen molar-refractivity contribution in [2.45, 2.75) is 112 Å². The van der Waals surface area contributed by atoms with Gasteiger partial charge in [-0.25, -0.2) is 4.79 Å². The molecule has 8 atom stereocenters. The second kappa shape index (κ2) is 8.83. The summed E-state index contributed by atoms with van der Waals surface area (Å²) >= 11 is 0. The zero-order chi connectivity index (χ0) is 26.0. The Morgan fingerprint density at radius 3 is 2.37 bits per heavy atom. The summed E-state index contributed by atoms with van der Waals surface area (Å²) in [7, 11) is 0. The SMILES string of the molecule is C/C(=C/CC[C@H](C=O)[C@@H]1[C@H](O)C[C@]2(C)C3=C(CC[C@@]12C)[C@@]1(C)CC[C@@H](O)C(C)(C)C1CC3)C(=O)O. The minimum atomic E-state index is -0.928. The van der Waals surface area contributed by atoms with Crippen LogP contribution in [0, 0.1) is 39.4 Å². The Hall–Kier alpha value is -1.46. The largest absolute Gasteiger partial charge is 0.478 e. The summed E-state index contributed by atoms with van der Waals surface area (Å²) in [6, 6.07) is 0. The van der Waals surface area contributed by atoms with Crippen LogP contribution in [0.25, 0.3) is 0 Å². The standard InChI is InChI=1S/C30H46O5/c1-18(26(34)35)8-7-9-19(17-31)25-22(32)16-30(6)21-10-11-23-27(2,3)24(33)13-14-28(23,4)20(21)12-15-29(25,30)5/h8,17,19,22-25,32-33H,7,9-16H2,1-6H3,(H,34,35)/b18-8-/t19-,22-,23?,24-,25-,28-,29+,30-/m1/s1. The molecule has 5 heteroatoms. The third-order valence-electron chi connectivity index (χ3n) is 11.7. The molecule has 0 aromatic carbocycles. The number of carbonyl (C=O) groups is 2. The van der Waals surface area contributed by atoms with Crippen LogP contribution in [-0.2, 0) is 9.59 Å². The molecular weight excluding hydrogens is 440 g/mol. The maximum Gasteiger partial charge on any atom is 0.330 e. The first-order valence-electron chi connectivity index (χ1n) is 13.7. The van der Waals surface area contributed by atoms with Crippen LogP contribution in [0.2, 0.25) is 0 Å². The molecule has 0 amide bonds. The molecule has 0 bridgehead atoms. The van der Waals surface area contributed by atoms with Crippen molar-refractivity contribution in [3.63, 3.8) is 0 Å². The number of carbonyl (C=O) groups excluding carboxylic acids is 1. The highest BCUT2D eigenvalue weighted by atomic mass is 16.4. The fourth-order valence-electron chi connectivity index (χ4n) is 9.45. The van der Waals surface area contributed by atoms with Gasteiger partial charge < -0.3 is 20.1 Å². The molecule has 0 saturated heterocycles. The number of aliphatic hydroxyl groups excluding tert-OH is 2. The van der Waals surface area contributed by atoms with E-state index in [0.717, 1.165) is 44.8 Å². The maximum atomic E-state index is 12.3. The van der Waals surface area contributed by atoms with Gasteiger partial charge in [-0.3, -0.25) is 0 Å². The summed E-state index contributed by atoms with van der Waals surface area (Å²) in [6.07, 6.45) is 9.63. The first-order chi connectivity index (χ1) is 16.2. The van der Waals surface area contributed by atoms with E-state index in [-0.39, 0.29) is 39.6 Å². The highest BCUT2D eigenvalue weighted by molar-refractivity contribution is 5.85. The van der Waals surface area contributed by atoms with Gasteiger partial charge in [0, 0.05) is 17.4 Å². The number of allylic oxidation sites excluding steroid dienone is 3. The molecule has 35 heavy (non-hydrogen) atoms. The molecule has 0 heterocycles. The van der Waals surface area contributed by atoms with Gasteiger partial charge >= 0.3 is 5.97 Å². The summed E-state index contributed by atoms with van der Waals surface area (Å²) in [4.78, 5) is 23.5. The second-order valence-electron chi connectivity index (χ2n) is 13.5. The first kappa shape index (κ1) is 26.6. The summed E-state index contributed by atoms with van der Waals surface area (Å²) < 4.78 is 0. The molecule has 4 rings (SSSR count). The van der Waals surface area contributed by atoms with Crippen molar-refractivity contribution < 1.29 is 24.9 Å². The molecule has 0 radical (unpaired) electrons. The predicted molar refractivity (Wildman–Crippen MR) is 137 cm³/mol. The number of carboxylic acid groups (broad SMARTS) is 1. The number of aliphatic hydroxyl groups is 2. The Morgan fingerprint density at radius 2 is 1.74 bits per heavy atom. The lowest BCUT2D eigenvalue weighted by atomic mass is 9.43. The van der Waals surface area contributed by atoms with E-state index >= 15 is 0 Å². The van der Waals surface area contributed by atoms with Crippen LogP contribution in [0.5, 0.6) is 0 Å². The van der Waals surface area contributed by atoms with Crippen LogP contribution < -0.4 is 0 Å². The van der Waals surface area contributed by atoms with Crippen LogP contribution in [-0.4, -0.2) is 39.8 Å². The normalized spacial score (nSPS) is 43.7. The fourth-order valence-corrected chi connectivity index (χ4v) is 9.45. The molecule has 0 spiro atoms. The highest BCUT2D eigenvalue weighted by Crippen LogP contribution is 2.72. The van der Waals surface area contributed by atoms with E-state index in [0.29, 0.717) is 30.8 Å². The molecule has 2 saturated carbocycles. The summed E-state index contributed by atoms with van der Waals surface area (Å²) in [5, 5.41) is 31.4. The Labute approximate surface area is 211 Å². The number of hydrogen-bond acceptors (Lipinski definition) is 4. The van der Waals surface area contributed by atoms with E-state index in [9.17, 15) is 19.8 Å². The molecule has 4 aliphatic rings. The topological polar surface area (TPSA) is 94.8 Å². The van der Waals surface area contributed by atoms with Crippen molar-refractivity contribution in [2.75, 3.05) is 0 Å². The Morgan fingerprint density at radius 1 is 1.06 bits per heavy atom. The van der Waals surface area contributed by atoms with E-state index in [1.165, 1.54) is 5.57 Å². The monoisotopic (exact) mass is 486 g/mol. The number of rotatable bonds is 6. The predicted octanol–water partition coefficient (Wildman–Crippen LogP) is 5.69. The second-order valence-corrected chi connectivity index (χ2v) is 13.5. The number of fused-ring (bicyclic) bond motifs is 4. The average molecular weight is 487 g/mol. The quantitative estimate of drug-likeness (QED) is 0.255. The smallest absolute Gasteiger partial charge is 0.330 e. The van der Waals surface area contributed by atoms with Gasteiger partial charge in [0.05, 0.1) is 12.2 Å². The minimum Gasteiger partial charge on any atom is -0.478 e. The van der Waals surface area contributed by atoms with Gasteiger partial charge in [-0.1, -0.05) is 51.8 Å². The van der Waals surface area contributed by atoms with E-state index in [4.69, 9.17) is 5.11 Å². The van der Waals surface area contributed by atoms with Crippen molar-refractivity contribution in [1.29, 1.82) is 0 Å². The van der Waals surface area contributed by atoms with Gasteiger partial charge in [0.15, 0.2) is 0 Å². The number of carboxylic acids is 1. The number of aldehydes is 1. The summed E-state index contributed by atoms with van der Waals surface area (Å²) in [6.45, 7) is 13.1. The van der Waals surface area contributed by atoms with E-state index in [2.05, 4.69) is 34.6 Å². The Balaban J connectivity index is 1.67. The number of aliphatic carboxylic acids is 1. The van der Waals surface area contributed by atoms with E-state index < -0.39 is 12.1 Å². The molecule has 5 nitrogen and oxygen atoms in total. The molecule has 0 aromatic rings. The van der Waals surface area contributed by atoms with Gasteiger partial charge in [0.25, 0.3) is 0 Å². The van der Waals surface area contributed by atoms with Crippen LogP contribution in [0.15, 0.2) is 22.8 Å². The van der Waals surface area contributed by atoms with E-state index in [1.807, 2.05) is 0 Å². The van der Waals surface area contributed by atoms with Crippen molar-refractivity contribution in [3.8, 4) is 0 Å².